The van der Waals surface area contributed by atoms with Crippen LogP contribution in [0, 0.1) is 18.6 Å². The predicted molar refractivity (Wildman–Crippen MR) is 68.8 cm³/mol. The summed E-state index contributed by atoms with van der Waals surface area (Å²) in [6.07, 6.45) is 0. The molecule has 3 nitrogen and oxygen atoms in total. The second kappa shape index (κ2) is 5.69. The van der Waals surface area contributed by atoms with Crippen molar-refractivity contribution in [2.45, 2.75) is 13.5 Å². The number of carboxylic acid groups (broad SMARTS) is 1. The first kappa shape index (κ1) is 14.0. The molecule has 5 heteroatoms. The summed E-state index contributed by atoms with van der Waals surface area (Å²) < 4.78 is 31.9. The fourth-order valence-corrected chi connectivity index (χ4v) is 1.70. The molecule has 0 aromatic heterocycles. The van der Waals surface area contributed by atoms with Crippen LogP contribution in [0.4, 0.5) is 8.78 Å². The van der Waals surface area contributed by atoms with Gasteiger partial charge in [0.05, 0.1) is 5.56 Å². The molecule has 0 radical (unpaired) electrons. The van der Waals surface area contributed by atoms with E-state index in [2.05, 4.69) is 0 Å². The lowest BCUT2D eigenvalue weighted by Crippen LogP contribution is -2.03. The highest BCUT2D eigenvalue weighted by molar-refractivity contribution is 5.87. The Morgan fingerprint density at radius 3 is 2.50 bits per heavy atom. The molecule has 0 spiro atoms. The average Bonchev–Trinajstić information content (AvgIpc) is 2.40. The van der Waals surface area contributed by atoms with Crippen LogP contribution in [0.1, 0.15) is 21.5 Å². The SMILES string of the molecule is Cc1cc(OCc2ccc(C(=O)O)c(F)c2)ccc1F. The highest BCUT2D eigenvalue weighted by Gasteiger charge is 2.10. The van der Waals surface area contributed by atoms with Gasteiger partial charge in [-0.15, -0.1) is 0 Å². The Kier molecular flexibility index (Phi) is 3.98. The van der Waals surface area contributed by atoms with Gasteiger partial charge in [0.25, 0.3) is 0 Å². The summed E-state index contributed by atoms with van der Waals surface area (Å²) in [6, 6.07) is 8.08. The first-order valence-electron chi connectivity index (χ1n) is 5.88. The molecule has 0 fully saturated rings. The zero-order valence-corrected chi connectivity index (χ0v) is 10.7. The minimum Gasteiger partial charge on any atom is -0.489 e. The van der Waals surface area contributed by atoms with Crippen LogP contribution in [-0.4, -0.2) is 11.1 Å². The van der Waals surface area contributed by atoms with Gasteiger partial charge in [-0.2, -0.15) is 0 Å². The Bertz CT molecular complexity index is 654. The molecule has 2 aromatic rings. The van der Waals surface area contributed by atoms with Gasteiger partial charge in [0, 0.05) is 0 Å². The number of hydrogen-bond donors (Lipinski definition) is 1. The summed E-state index contributed by atoms with van der Waals surface area (Å²) in [5.74, 6) is -1.99. The van der Waals surface area contributed by atoms with E-state index in [0.717, 1.165) is 6.07 Å². The molecule has 0 aliphatic carbocycles. The molecule has 0 unspecified atom stereocenters. The molecule has 2 aromatic carbocycles. The van der Waals surface area contributed by atoms with Crippen LogP contribution in [0.25, 0.3) is 0 Å². The van der Waals surface area contributed by atoms with E-state index in [0.29, 0.717) is 16.9 Å². The third kappa shape index (κ3) is 3.12. The summed E-state index contributed by atoms with van der Waals surface area (Å²) in [6.45, 7) is 1.69. The second-order valence-electron chi connectivity index (χ2n) is 4.32. The van der Waals surface area contributed by atoms with Crippen molar-refractivity contribution in [2.75, 3.05) is 0 Å². The molecule has 0 heterocycles. The van der Waals surface area contributed by atoms with Crippen LogP contribution in [0.5, 0.6) is 5.75 Å². The molecule has 0 aliphatic rings. The van der Waals surface area contributed by atoms with E-state index in [1.807, 2.05) is 0 Å². The number of aromatic carboxylic acids is 1. The first-order valence-corrected chi connectivity index (χ1v) is 5.88. The number of carbonyl (C=O) groups is 1. The highest BCUT2D eigenvalue weighted by Crippen LogP contribution is 2.18. The molecule has 0 aliphatic heterocycles. The lowest BCUT2D eigenvalue weighted by molar-refractivity contribution is 0.0692. The van der Waals surface area contributed by atoms with E-state index in [1.54, 1.807) is 6.92 Å². The molecular weight excluding hydrogens is 266 g/mol. The monoisotopic (exact) mass is 278 g/mol. The number of carboxylic acids is 1. The van der Waals surface area contributed by atoms with Crippen LogP contribution in [0.3, 0.4) is 0 Å². The Morgan fingerprint density at radius 2 is 1.90 bits per heavy atom. The van der Waals surface area contributed by atoms with Crippen LogP contribution < -0.4 is 4.74 Å². The second-order valence-corrected chi connectivity index (χ2v) is 4.32. The molecular formula is C15H12F2O3. The Labute approximate surface area is 114 Å². The van der Waals surface area contributed by atoms with Gasteiger partial charge >= 0.3 is 5.97 Å². The van der Waals surface area contributed by atoms with Crippen LogP contribution >= 0.6 is 0 Å². The lowest BCUT2D eigenvalue weighted by atomic mass is 10.1. The third-order valence-corrected chi connectivity index (χ3v) is 2.80. The normalized spacial score (nSPS) is 10.3. The molecule has 0 saturated carbocycles. The summed E-state index contributed by atoms with van der Waals surface area (Å²) in [5.41, 5.74) is 0.566. The molecule has 20 heavy (non-hydrogen) atoms. The smallest absolute Gasteiger partial charge is 0.338 e. The van der Waals surface area contributed by atoms with Gasteiger partial charge < -0.3 is 9.84 Å². The summed E-state index contributed by atoms with van der Waals surface area (Å²) in [7, 11) is 0. The Balaban J connectivity index is 2.09. The maximum atomic E-state index is 13.5. The maximum absolute atomic E-state index is 13.5. The van der Waals surface area contributed by atoms with Crippen molar-refractivity contribution in [2.24, 2.45) is 0 Å². The molecule has 0 amide bonds. The van der Waals surface area contributed by atoms with Crippen molar-refractivity contribution in [3.05, 3.63) is 64.7 Å². The predicted octanol–water partition coefficient (Wildman–Crippen LogP) is 3.55. The summed E-state index contributed by atoms with van der Waals surface area (Å²) in [5, 5.41) is 8.71. The van der Waals surface area contributed by atoms with Crippen molar-refractivity contribution >= 4 is 5.97 Å². The van der Waals surface area contributed by atoms with Gasteiger partial charge in [-0.05, 0) is 48.4 Å². The van der Waals surface area contributed by atoms with Crippen molar-refractivity contribution in [3.8, 4) is 5.75 Å². The quantitative estimate of drug-likeness (QED) is 0.930. The van der Waals surface area contributed by atoms with E-state index in [1.165, 1.54) is 30.3 Å². The van der Waals surface area contributed by atoms with Crippen LogP contribution in [0.15, 0.2) is 36.4 Å². The van der Waals surface area contributed by atoms with Crippen molar-refractivity contribution in [3.63, 3.8) is 0 Å². The lowest BCUT2D eigenvalue weighted by Gasteiger charge is -2.08. The van der Waals surface area contributed by atoms with Gasteiger partial charge in [-0.3, -0.25) is 0 Å². The van der Waals surface area contributed by atoms with Crippen molar-refractivity contribution < 1.29 is 23.4 Å². The topological polar surface area (TPSA) is 46.5 Å². The number of benzene rings is 2. The molecule has 0 bridgehead atoms. The fourth-order valence-electron chi connectivity index (χ4n) is 1.70. The van der Waals surface area contributed by atoms with Gasteiger partial charge in [-0.1, -0.05) is 6.07 Å². The van der Waals surface area contributed by atoms with Crippen LogP contribution in [-0.2, 0) is 6.61 Å². The van der Waals surface area contributed by atoms with Gasteiger partial charge in [0.2, 0.25) is 0 Å². The highest BCUT2D eigenvalue weighted by atomic mass is 19.1. The van der Waals surface area contributed by atoms with Crippen LogP contribution in [0.2, 0.25) is 0 Å². The molecule has 104 valence electrons. The number of ether oxygens (including phenoxy) is 1. The number of rotatable bonds is 4. The fraction of sp³-hybridized carbons (Fsp3) is 0.133. The molecule has 0 atom stereocenters. The molecule has 0 saturated heterocycles. The van der Waals surface area contributed by atoms with Gasteiger partial charge in [0.1, 0.15) is 24.0 Å². The zero-order chi connectivity index (χ0) is 14.7. The summed E-state index contributed by atoms with van der Waals surface area (Å²) >= 11 is 0. The van der Waals surface area contributed by atoms with E-state index >= 15 is 0 Å². The Morgan fingerprint density at radius 1 is 1.15 bits per heavy atom. The summed E-state index contributed by atoms with van der Waals surface area (Å²) in [4.78, 5) is 10.7. The third-order valence-electron chi connectivity index (χ3n) is 2.80. The van der Waals surface area contributed by atoms with Crippen molar-refractivity contribution in [1.29, 1.82) is 0 Å². The van der Waals surface area contributed by atoms with E-state index in [-0.39, 0.29) is 18.0 Å². The van der Waals surface area contributed by atoms with E-state index in [4.69, 9.17) is 9.84 Å². The number of hydrogen-bond acceptors (Lipinski definition) is 2. The number of aryl methyl sites for hydroxylation is 1. The van der Waals surface area contributed by atoms with Crippen molar-refractivity contribution in [1.82, 2.24) is 0 Å². The Hall–Kier alpha value is -2.43. The minimum atomic E-state index is -1.32. The standard InChI is InChI=1S/C15H12F2O3/c1-9-6-11(3-5-13(9)16)20-8-10-2-4-12(15(18)19)14(17)7-10/h2-7H,8H2,1H3,(H,18,19). The number of halogens is 2. The first-order chi connectivity index (χ1) is 9.47. The minimum absolute atomic E-state index is 0.0713. The maximum Gasteiger partial charge on any atom is 0.338 e. The molecule has 1 N–H and O–H groups in total. The van der Waals surface area contributed by atoms with E-state index < -0.39 is 11.8 Å². The largest absolute Gasteiger partial charge is 0.489 e. The zero-order valence-electron chi connectivity index (χ0n) is 10.7. The van der Waals surface area contributed by atoms with E-state index in [9.17, 15) is 13.6 Å². The van der Waals surface area contributed by atoms with Gasteiger partial charge in [0.15, 0.2) is 0 Å². The molecule has 2 rings (SSSR count). The average molecular weight is 278 g/mol. The van der Waals surface area contributed by atoms with Gasteiger partial charge in [-0.25, -0.2) is 13.6 Å².